The van der Waals surface area contributed by atoms with Crippen LogP contribution in [0.1, 0.15) is 90.7 Å². The van der Waals surface area contributed by atoms with Crippen molar-refractivity contribution in [3.05, 3.63) is 24.0 Å². The number of hydrogen-bond donors (Lipinski definition) is 2. The molecule has 2 aromatic heterocycles. The molecule has 0 spiro atoms. The van der Waals surface area contributed by atoms with Gasteiger partial charge in [-0.1, -0.05) is 51.4 Å². The maximum atomic E-state index is 13.2. The third-order valence-electron chi connectivity index (χ3n) is 6.57. The van der Waals surface area contributed by atoms with E-state index in [1.165, 1.54) is 11.3 Å². The highest BCUT2D eigenvalue weighted by atomic mass is 32.2. The van der Waals surface area contributed by atoms with E-state index in [2.05, 4.69) is 46.3 Å². The molecule has 1 aliphatic heterocycles. The van der Waals surface area contributed by atoms with E-state index in [1.54, 1.807) is 31.1 Å². The molecule has 1 unspecified atom stereocenters. The van der Waals surface area contributed by atoms with E-state index in [4.69, 9.17) is 4.42 Å². The van der Waals surface area contributed by atoms with Crippen LogP contribution in [0.25, 0.3) is 0 Å². The second-order valence-electron chi connectivity index (χ2n) is 11.0. The van der Waals surface area contributed by atoms with E-state index in [0.717, 1.165) is 55.0 Å². The standard InChI is InChI=1S/C27H41N5O4S2/c1-18(33)11-7-6-8-12-19(30-25(35)20-13-9-10-14-32(20)5)24(34)31-26-29-16-23(38-26)37-17-22-28-15-21(36-22)27(2,3)4/h15-16,19-20H,6-14,17H2,1-5H3,(H,30,35)(H,29,31,34)/t19-,20?/m0/s1. The quantitative estimate of drug-likeness (QED) is 0.253. The van der Waals surface area contributed by atoms with Crippen LogP contribution in [0.15, 0.2) is 21.0 Å². The molecular formula is C27H41N5O4S2. The molecule has 2 aromatic rings. The Hall–Kier alpha value is -2.24. The first-order valence-corrected chi connectivity index (χ1v) is 15.2. The molecule has 9 nitrogen and oxygen atoms in total. The van der Waals surface area contributed by atoms with Crippen molar-refractivity contribution in [2.45, 2.75) is 107 Å². The summed E-state index contributed by atoms with van der Waals surface area (Å²) in [5.41, 5.74) is -0.0936. The Bertz CT molecular complexity index is 1080. The van der Waals surface area contributed by atoms with Crippen molar-refractivity contribution in [2.75, 3.05) is 18.9 Å². The average molecular weight is 564 g/mol. The van der Waals surface area contributed by atoms with Crippen LogP contribution < -0.4 is 10.6 Å². The van der Waals surface area contributed by atoms with Gasteiger partial charge in [0.2, 0.25) is 17.7 Å². The summed E-state index contributed by atoms with van der Waals surface area (Å²) in [5.74, 6) is 1.87. The third kappa shape index (κ3) is 9.50. The first kappa shape index (κ1) is 30.3. The molecule has 0 saturated carbocycles. The molecule has 1 saturated heterocycles. The molecule has 1 fully saturated rings. The molecule has 210 valence electrons. The Labute approximate surface area is 233 Å². The number of unbranched alkanes of at least 4 members (excludes halogenated alkanes) is 2. The fourth-order valence-electron chi connectivity index (χ4n) is 4.28. The summed E-state index contributed by atoms with van der Waals surface area (Å²) in [7, 11) is 1.96. The number of Topliss-reactive ketones (excluding diaryl/α,β-unsaturated/α-hetero) is 1. The van der Waals surface area contributed by atoms with E-state index < -0.39 is 6.04 Å². The number of likely N-dealkylation sites (tertiary alicyclic amines) is 1. The van der Waals surface area contributed by atoms with Crippen LogP contribution in [-0.4, -0.2) is 58.1 Å². The lowest BCUT2D eigenvalue weighted by atomic mass is 9.94. The summed E-state index contributed by atoms with van der Waals surface area (Å²) >= 11 is 2.94. The summed E-state index contributed by atoms with van der Waals surface area (Å²) in [6.07, 6.45) is 9.81. The summed E-state index contributed by atoms with van der Waals surface area (Å²) < 4.78 is 6.79. The third-order valence-corrected chi connectivity index (χ3v) is 8.67. The predicted octanol–water partition coefficient (Wildman–Crippen LogP) is 5.17. The smallest absolute Gasteiger partial charge is 0.248 e. The largest absolute Gasteiger partial charge is 0.444 e. The van der Waals surface area contributed by atoms with Crippen molar-refractivity contribution in [2.24, 2.45) is 0 Å². The van der Waals surface area contributed by atoms with Crippen molar-refractivity contribution < 1.29 is 18.8 Å². The van der Waals surface area contributed by atoms with Gasteiger partial charge in [0.25, 0.3) is 0 Å². The molecule has 38 heavy (non-hydrogen) atoms. The van der Waals surface area contributed by atoms with Gasteiger partial charge in [-0.2, -0.15) is 0 Å². The number of ketones is 1. The summed E-state index contributed by atoms with van der Waals surface area (Å²) in [6.45, 7) is 8.71. The van der Waals surface area contributed by atoms with Gasteiger partial charge in [-0.3, -0.25) is 14.5 Å². The molecule has 1 aliphatic rings. The van der Waals surface area contributed by atoms with Crippen LogP contribution in [0.5, 0.6) is 0 Å². The van der Waals surface area contributed by atoms with Crippen LogP contribution in [0.4, 0.5) is 5.13 Å². The molecule has 3 rings (SSSR count). The Morgan fingerprint density at radius 2 is 1.97 bits per heavy atom. The number of oxazole rings is 1. The van der Waals surface area contributed by atoms with Gasteiger partial charge in [0, 0.05) is 11.8 Å². The van der Waals surface area contributed by atoms with E-state index in [1.807, 2.05) is 7.05 Å². The molecule has 2 amide bonds. The highest BCUT2D eigenvalue weighted by Crippen LogP contribution is 2.32. The average Bonchev–Trinajstić information content (AvgIpc) is 3.51. The number of carbonyl (C=O) groups excluding carboxylic acids is 3. The minimum absolute atomic E-state index is 0.0936. The first-order valence-electron chi connectivity index (χ1n) is 13.4. The van der Waals surface area contributed by atoms with Crippen molar-refractivity contribution in [1.82, 2.24) is 20.2 Å². The van der Waals surface area contributed by atoms with Gasteiger partial charge in [0.15, 0.2) is 5.13 Å². The highest BCUT2D eigenvalue weighted by molar-refractivity contribution is 8.00. The summed E-state index contributed by atoms with van der Waals surface area (Å²) in [5, 5.41) is 6.38. The van der Waals surface area contributed by atoms with Gasteiger partial charge in [-0.25, -0.2) is 9.97 Å². The molecule has 2 atom stereocenters. The van der Waals surface area contributed by atoms with Gasteiger partial charge >= 0.3 is 0 Å². The van der Waals surface area contributed by atoms with Crippen LogP contribution in [0.2, 0.25) is 0 Å². The number of thioether (sulfide) groups is 1. The number of anilines is 1. The van der Waals surface area contributed by atoms with E-state index in [0.29, 0.717) is 29.6 Å². The number of piperidine rings is 1. The van der Waals surface area contributed by atoms with Gasteiger partial charge in [-0.05, 0) is 46.2 Å². The Morgan fingerprint density at radius 1 is 1.18 bits per heavy atom. The van der Waals surface area contributed by atoms with Crippen LogP contribution in [-0.2, 0) is 25.6 Å². The fourth-order valence-corrected chi connectivity index (χ4v) is 6.00. The van der Waals surface area contributed by atoms with Crippen LogP contribution in [0, 0.1) is 0 Å². The second kappa shape index (κ2) is 14.2. The Balaban J connectivity index is 1.57. The van der Waals surface area contributed by atoms with Crippen molar-refractivity contribution in [1.29, 1.82) is 0 Å². The van der Waals surface area contributed by atoms with E-state index in [9.17, 15) is 14.4 Å². The van der Waals surface area contributed by atoms with Gasteiger partial charge in [-0.15, -0.1) is 11.8 Å². The maximum Gasteiger partial charge on any atom is 0.248 e. The number of rotatable bonds is 13. The van der Waals surface area contributed by atoms with Crippen molar-refractivity contribution in [3.63, 3.8) is 0 Å². The fraction of sp³-hybridized carbons (Fsp3) is 0.667. The van der Waals surface area contributed by atoms with Gasteiger partial charge in [0.05, 0.1) is 28.4 Å². The van der Waals surface area contributed by atoms with Gasteiger partial charge in [0.1, 0.15) is 17.6 Å². The zero-order chi connectivity index (χ0) is 27.7. The molecular weight excluding hydrogens is 522 g/mol. The number of amides is 2. The van der Waals surface area contributed by atoms with Crippen molar-refractivity contribution >= 4 is 45.8 Å². The van der Waals surface area contributed by atoms with Crippen molar-refractivity contribution in [3.8, 4) is 0 Å². The minimum atomic E-state index is -0.654. The molecule has 2 N–H and O–H groups in total. The van der Waals surface area contributed by atoms with E-state index >= 15 is 0 Å². The zero-order valence-corrected chi connectivity index (χ0v) is 24.8. The SMILES string of the molecule is CC(=O)CCCCC[C@H](NC(=O)C1CCCCN1C)C(=O)Nc1ncc(SCc2ncc(C(C)(C)C)o2)s1. The second-order valence-corrected chi connectivity index (χ2v) is 13.3. The number of nitrogens with zero attached hydrogens (tertiary/aromatic N) is 3. The monoisotopic (exact) mass is 563 g/mol. The number of carbonyl (C=O) groups is 3. The molecule has 0 bridgehead atoms. The lowest BCUT2D eigenvalue weighted by Gasteiger charge is -2.32. The van der Waals surface area contributed by atoms with Crippen LogP contribution in [0.3, 0.4) is 0 Å². The lowest BCUT2D eigenvalue weighted by molar-refractivity contribution is -0.131. The summed E-state index contributed by atoms with van der Waals surface area (Å²) in [4.78, 5) is 48.3. The van der Waals surface area contributed by atoms with Crippen LogP contribution >= 0.6 is 23.1 Å². The summed E-state index contributed by atoms with van der Waals surface area (Å²) in [6, 6.07) is -0.869. The highest BCUT2D eigenvalue weighted by Gasteiger charge is 2.30. The first-order chi connectivity index (χ1) is 18.0. The molecule has 0 aromatic carbocycles. The number of aromatic nitrogens is 2. The van der Waals surface area contributed by atoms with Gasteiger partial charge < -0.3 is 19.8 Å². The molecule has 11 heteroatoms. The normalized spacial score (nSPS) is 17.2. The Kier molecular flexibility index (Phi) is 11.3. The van der Waals surface area contributed by atoms with E-state index in [-0.39, 0.29) is 29.1 Å². The molecule has 3 heterocycles. The minimum Gasteiger partial charge on any atom is -0.444 e. The number of thiazole rings is 1. The Morgan fingerprint density at radius 3 is 2.66 bits per heavy atom. The number of nitrogens with one attached hydrogen (secondary N) is 2. The number of hydrogen-bond acceptors (Lipinski definition) is 9. The predicted molar refractivity (Wildman–Crippen MR) is 151 cm³/mol. The maximum absolute atomic E-state index is 13.2. The molecule has 0 aliphatic carbocycles. The molecule has 0 radical (unpaired) electrons. The number of likely N-dealkylation sites (N-methyl/N-ethyl adjacent to an activating group) is 1. The lowest BCUT2D eigenvalue weighted by Crippen LogP contribution is -2.53. The zero-order valence-electron chi connectivity index (χ0n) is 23.2. The topological polar surface area (TPSA) is 117 Å².